The highest BCUT2D eigenvalue weighted by molar-refractivity contribution is 7.09. The molecule has 0 amide bonds. The van der Waals surface area contributed by atoms with Gasteiger partial charge in [-0.25, -0.2) is 4.98 Å². The molecule has 0 spiro atoms. The number of hydrogen-bond acceptors (Lipinski definition) is 6. The molecule has 1 atom stereocenters. The normalized spacial score (nSPS) is 17.2. The Hall–Kier alpha value is -1.63. The molecular weight excluding hydrogens is 324 g/mol. The lowest BCUT2D eigenvalue weighted by atomic mass is 10.2. The zero-order chi connectivity index (χ0) is 16.8. The first-order valence-corrected chi connectivity index (χ1v) is 9.13. The van der Waals surface area contributed by atoms with Crippen LogP contribution in [0.15, 0.2) is 23.6 Å². The van der Waals surface area contributed by atoms with E-state index in [1.165, 1.54) is 5.56 Å². The van der Waals surface area contributed by atoms with E-state index in [0.29, 0.717) is 19.8 Å². The first-order chi connectivity index (χ1) is 11.7. The smallest absolute Gasteiger partial charge is 0.142 e. The molecule has 2 aromatic rings. The maximum atomic E-state index is 6.01. The number of rotatable bonds is 8. The van der Waals surface area contributed by atoms with Crippen LogP contribution in [0.5, 0.6) is 5.75 Å². The van der Waals surface area contributed by atoms with Crippen LogP contribution in [0.1, 0.15) is 29.1 Å². The van der Waals surface area contributed by atoms with Crippen LogP contribution in [0.4, 0.5) is 5.69 Å². The summed E-state index contributed by atoms with van der Waals surface area (Å²) in [4.78, 5) is 4.54. The molecule has 2 heterocycles. The van der Waals surface area contributed by atoms with Crippen molar-refractivity contribution in [3.05, 3.63) is 39.8 Å². The molecule has 1 aromatic carbocycles. The Morgan fingerprint density at radius 2 is 2.33 bits per heavy atom. The number of ether oxygens (including phenoxy) is 3. The van der Waals surface area contributed by atoms with Gasteiger partial charge in [0.1, 0.15) is 17.4 Å². The summed E-state index contributed by atoms with van der Waals surface area (Å²) in [6.07, 6.45) is 2.42. The van der Waals surface area contributed by atoms with Gasteiger partial charge in [-0.1, -0.05) is 6.07 Å². The molecule has 0 radical (unpaired) electrons. The summed E-state index contributed by atoms with van der Waals surface area (Å²) >= 11 is 1.62. The molecule has 5 nitrogen and oxygen atoms in total. The molecule has 0 bridgehead atoms. The topological polar surface area (TPSA) is 52.6 Å². The lowest BCUT2D eigenvalue weighted by molar-refractivity contribution is 0.0682. The van der Waals surface area contributed by atoms with Crippen molar-refractivity contribution in [3.63, 3.8) is 0 Å². The molecule has 1 aliphatic rings. The summed E-state index contributed by atoms with van der Waals surface area (Å²) in [5, 5.41) is 6.48. The molecule has 1 aliphatic heterocycles. The van der Waals surface area contributed by atoms with E-state index < -0.39 is 0 Å². The maximum Gasteiger partial charge on any atom is 0.142 e. The van der Waals surface area contributed by atoms with E-state index in [4.69, 9.17) is 14.2 Å². The van der Waals surface area contributed by atoms with Crippen LogP contribution in [0.2, 0.25) is 0 Å². The third-order valence-electron chi connectivity index (χ3n) is 3.91. The van der Waals surface area contributed by atoms with Gasteiger partial charge >= 0.3 is 0 Å². The zero-order valence-electron chi connectivity index (χ0n) is 14.2. The SMILES string of the molecule is COCc1nc(CNc2ccc(C)cc2OC[C@H]2CCCO2)cs1. The molecule has 0 aliphatic carbocycles. The minimum Gasteiger partial charge on any atom is -0.489 e. The summed E-state index contributed by atoms with van der Waals surface area (Å²) in [5.41, 5.74) is 3.18. The van der Waals surface area contributed by atoms with Crippen molar-refractivity contribution >= 4 is 17.0 Å². The Kier molecular flexibility index (Phi) is 6.07. The summed E-state index contributed by atoms with van der Waals surface area (Å²) < 4.78 is 16.8. The molecule has 1 fully saturated rings. The Bertz CT molecular complexity index is 653. The average Bonchev–Trinajstić information content (AvgIpc) is 3.24. The minimum absolute atomic E-state index is 0.216. The van der Waals surface area contributed by atoms with Crippen LogP contribution in [0, 0.1) is 6.92 Å². The van der Waals surface area contributed by atoms with E-state index in [9.17, 15) is 0 Å². The Morgan fingerprint density at radius 1 is 1.42 bits per heavy atom. The van der Waals surface area contributed by atoms with Gasteiger partial charge < -0.3 is 19.5 Å². The van der Waals surface area contributed by atoms with Gasteiger partial charge in [-0.3, -0.25) is 0 Å². The Balaban J connectivity index is 1.60. The largest absolute Gasteiger partial charge is 0.489 e. The van der Waals surface area contributed by atoms with E-state index in [2.05, 4.69) is 40.8 Å². The lowest BCUT2D eigenvalue weighted by Crippen LogP contribution is -2.17. The summed E-state index contributed by atoms with van der Waals surface area (Å²) in [5.74, 6) is 0.873. The van der Waals surface area contributed by atoms with Crippen LogP contribution in [-0.2, 0) is 22.6 Å². The van der Waals surface area contributed by atoms with Crippen molar-refractivity contribution in [2.45, 2.75) is 39.0 Å². The molecular formula is C18H24N2O3S. The number of nitrogens with one attached hydrogen (secondary N) is 1. The van der Waals surface area contributed by atoms with Crippen LogP contribution < -0.4 is 10.1 Å². The van der Waals surface area contributed by atoms with Gasteiger partial charge in [0.25, 0.3) is 0 Å². The van der Waals surface area contributed by atoms with Crippen LogP contribution in [-0.4, -0.2) is 31.4 Å². The number of benzene rings is 1. The number of anilines is 1. The van der Waals surface area contributed by atoms with Gasteiger partial charge in [-0.05, 0) is 37.5 Å². The fraction of sp³-hybridized carbons (Fsp3) is 0.500. The van der Waals surface area contributed by atoms with Gasteiger partial charge in [0.2, 0.25) is 0 Å². The molecule has 0 unspecified atom stereocenters. The molecule has 0 saturated carbocycles. The van der Waals surface area contributed by atoms with E-state index >= 15 is 0 Å². The van der Waals surface area contributed by atoms with E-state index in [1.807, 2.05) is 0 Å². The van der Waals surface area contributed by atoms with Crippen LogP contribution in [0.3, 0.4) is 0 Å². The number of aryl methyl sites for hydroxylation is 1. The van der Waals surface area contributed by atoms with E-state index in [0.717, 1.165) is 41.6 Å². The minimum atomic E-state index is 0.216. The predicted octanol–water partition coefficient (Wildman–Crippen LogP) is 3.77. The molecule has 24 heavy (non-hydrogen) atoms. The molecule has 130 valence electrons. The highest BCUT2D eigenvalue weighted by Crippen LogP contribution is 2.27. The van der Waals surface area contributed by atoms with E-state index in [-0.39, 0.29) is 6.10 Å². The highest BCUT2D eigenvalue weighted by Gasteiger charge is 2.17. The van der Waals surface area contributed by atoms with Crippen LogP contribution >= 0.6 is 11.3 Å². The standard InChI is InChI=1S/C18H24N2O3S/c1-13-5-6-16(17(8-13)23-10-15-4-3-7-22-15)19-9-14-12-24-18(20-14)11-21-2/h5-6,8,12,15,19H,3-4,7,9-11H2,1-2H3/t15-/m1/s1. The monoisotopic (exact) mass is 348 g/mol. The third kappa shape index (κ3) is 4.69. The summed E-state index contributed by atoms with van der Waals surface area (Å²) in [7, 11) is 1.68. The van der Waals surface area contributed by atoms with Gasteiger partial charge in [0.15, 0.2) is 0 Å². The lowest BCUT2D eigenvalue weighted by Gasteiger charge is -2.16. The summed E-state index contributed by atoms with van der Waals surface area (Å²) in [6, 6.07) is 6.20. The van der Waals surface area contributed by atoms with Gasteiger partial charge in [-0.15, -0.1) is 11.3 Å². The second-order valence-corrected chi connectivity index (χ2v) is 6.91. The summed E-state index contributed by atoms with van der Waals surface area (Å²) in [6.45, 7) is 4.75. The molecule has 1 saturated heterocycles. The van der Waals surface area contributed by atoms with Crippen molar-refractivity contribution < 1.29 is 14.2 Å². The van der Waals surface area contributed by atoms with Gasteiger partial charge in [0.05, 0.1) is 30.6 Å². The second-order valence-electron chi connectivity index (χ2n) is 5.96. The van der Waals surface area contributed by atoms with Gasteiger partial charge in [0, 0.05) is 19.1 Å². The number of aromatic nitrogens is 1. The van der Waals surface area contributed by atoms with E-state index in [1.54, 1.807) is 18.4 Å². The maximum absolute atomic E-state index is 6.01. The first-order valence-electron chi connectivity index (χ1n) is 8.26. The van der Waals surface area contributed by atoms with Crippen LogP contribution in [0.25, 0.3) is 0 Å². The molecule has 1 aromatic heterocycles. The van der Waals surface area contributed by atoms with Crippen molar-refractivity contribution in [2.75, 3.05) is 25.6 Å². The fourth-order valence-electron chi connectivity index (χ4n) is 2.66. The molecule has 3 rings (SSSR count). The fourth-order valence-corrected chi connectivity index (χ4v) is 3.42. The highest BCUT2D eigenvalue weighted by atomic mass is 32.1. The predicted molar refractivity (Wildman–Crippen MR) is 95.8 cm³/mol. The van der Waals surface area contributed by atoms with Crippen molar-refractivity contribution in [2.24, 2.45) is 0 Å². The second kappa shape index (κ2) is 8.46. The number of hydrogen-bond donors (Lipinski definition) is 1. The van der Waals surface area contributed by atoms with Crippen molar-refractivity contribution in [1.29, 1.82) is 0 Å². The number of nitrogens with zero attached hydrogens (tertiary/aromatic N) is 1. The van der Waals surface area contributed by atoms with Crippen molar-refractivity contribution in [1.82, 2.24) is 4.98 Å². The zero-order valence-corrected chi connectivity index (χ0v) is 15.0. The molecule has 1 N–H and O–H groups in total. The third-order valence-corrected chi connectivity index (χ3v) is 4.78. The Labute approximate surface area is 147 Å². The quantitative estimate of drug-likeness (QED) is 0.787. The average molecular weight is 348 g/mol. The molecule has 6 heteroatoms. The first kappa shape index (κ1) is 17.2. The van der Waals surface area contributed by atoms with Crippen molar-refractivity contribution in [3.8, 4) is 5.75 Å². The number of thiazole rings is 1. The van der Waals surface area contributed by atoms with Gasteiger partial charge in [-0.2, -0.15) is 0 Å². The Morgan fingerprint density at radius 3 is 3.12 bits per heavy atom. The number of methoxy groups -OCH3 is 1.